The highest BCUT2D eigenvalue weighted by molar-refractivity contribution is 5.68. The quantitative estimate of drug-likeness (QED) is 0.830. The van der Waals surface area contributed by atoms with Crippen molar-refractivity contribution in [2.24, 2.45) is 0 Å². The molecule has 0 spiro atoms. The standard InChI is InChI=1S/C19H24F3N3O3/c1-18(2,3)28-17(26)24-15-4-6-25(7-5-15)12-14-8-13(11-23)9-16(10-14)27-19(20,21)22/h8-10,15H,4-7,12H2,1-3H3,(H,24,26). The molecule has 1 aromatic rings. The van der Waals surface area contributed by atoms with Crippen molar-refractivity contribution in [1.29, 1.82) is 5.26 Å². The number of alkyl carbamates (subject to hydrolysis) is 1. The van der Waals surface area contributed by atoms with Gasteiger partial charge in [0.2, 0.25) is 0 Å². The molecule has 0 unspecified atom stereocenters. The van der Waals surface area contributed by atoms with E-state index >= 15 is 0 Å². The average Bonchev–Trinajstić information content (AvgIpc) is 2.53. The first-order valence-corrected chi connectivity index (χ1v) is 8.95. The maximum atomic E-state index is 12.5. The summed E-state index contributed by atoms with van der Waals surface area (Å²) < 4.78 is 46.6. The number of likely N-dealkylation sites (tertiary alicyclic amines) is 1. The minimum atomic E-state index is -4.81. The number of rotatable bonds is 4. The van der Waals surface area contributed by atoms with Crippen molar-refractivity contribution in [2.45, 2.75) is 58.2 Å². The molecule has 1 N–H and O–H groups in total. The zero-order chi connectivity index (χ0) is 20.9. The molecule has 0 bridgehead atoms. The van der Waals surface area contributed by atoms with Crippen molar-refractivity contribution in [2.75, 3.05) is 13.1 Å². The van der Waals surface area contributed by atoms with Crippen molar-refractivity contribution in [1.82, 2.24) is 10.2 Å². The molecule has 0 radical (unpaired) electrons. The zero-order valence-electron chi connectivity index (χ0n) is 16.1. The van der Waals surface area contributed by atoms with Crippen LogP contribution >= 0.6 is 0 Å². The molecular formula is C19H24F3N3O3. The van der Waals surface area contributed by atoms with E-state index in [1.807, 2.05) is 6.07 Å². The van der Waals surface area contributed by atoms with E-state index in [0.717, 1.165) is 6.07 Å². The predicted molar refractivity (Wildman–Crippen MR) is 95.5 cm³/mol. The fourth-order valence-corrected chi connectivity index (χ4v) is 2.98. The van der Waals surface area contributed by atoms with Gasteiger partial charge in [0.25, 0.3) is 0 Å². The minimum absolute atomic E-state index is 0.0133. The molecule has 154 valence electrons. The van der Waals surface area contributed by atoms with E-state index in [0.29, 0.717) is 38.0 Å². The summed E-state index contributed by atoms with van der Waals surface area (Å²) in [4.78, 5) is 13.9. The third-order valence-corrected chi connectivity index (χ3v) is 4.04. The Kier molecular flexibility index (Phi) is 6.77. The third-order valence-electron chi connectivity index (χ3n) is 4.04. The molecule has 0 aliphatic carbocycles. The number of benzene rings is 1. The maximum absolute atomic E-state index is 12.5. The summed E-state index contributed by atoms with van der Waals surface area (Å²) in [5.74, 6) is -0.400. The molecule has 0 aromatic heterocycles. The molecule has 1 saturated heterocycles. The second kappa shape index (κ2) is 8.69. The van der Waals surface area contributed by atoms with Gasteiger partial charge in [0.05, 0.1) is 11.6 Å². The van der Waals surface area contributed by atoms with E-state index in [-0.39, 0.29) is 11.6 Å². The Bertz CT molecular complexity index is 731. The number of carbonyl (C=O) groups excluding carboxylic acids is 1. The van der Waals surface area contributed by atoms with Crippen LogP contribution in [-0.2, 0) is 11.3 Å². The van der Waals surface area contributed by atoms with Crippen LogP contribution in [0.1, 0.15) is 44.7 Å². The summed E-state index contributed by atoms with van der Waals surface area (Å²) in [7, 11) is 0. The van der Waals surface area contributed by atoms with E-state index in [1.165, 1.54) is 6.07 Å². The largest absolute Gasteiger partial charge is 0.573 e. The molecule has 9 heteroatoms. The number of ether oxygens (including phenoxy) is 2. The molecule has 1 aromatic carbocycles. The maximum Gasteiger partial charge on any atom is 0.573 e. The fraction of sp³-hybridized carbons (Fsp3) is 0.579. The smallest absolute Gasteiger partial charge is 0.444 e. The van der Waals surface area contributed by atoms with Gasteiger partial charge in [-0.25, -0.2) is 4.79 Å². The first-order valence-electron chi connectivity index (χ1n) is 8.95. The highest BCUT2D eigenvalue weighted by Crippen LogP contribution is 2.26. The van der Waals surface area contributed by atoms with Gasteiger partial charge in [-0.05, 0) is 57.4 Å². The lowest BCUT2D eigenvalue weighted by Gasteiger charge is -2.33. The molecule has 1 fully saturated rings. The van der Waals surface area contributed by atoms with Crippen LogP contribution in [0, 0.1) is 11.3 Å². The Hall–Kier alpha value is -2.47. The Morgan fingerprint density at radius 2 is 1.89 bits per heavy atom. The molecule has 2 rings (SSSR count). The summed E-state index contributed by atoms with van der Waals surface area (Å²) in [5.41, 5.74) is 0.113. The lowest BCUT2D eigenvalue weighted by atomic mass is 10.0. The fourth-order valence-electron chi connectivity index (χ4n) is 2.98. The van der Waals surface area contributed by atoms with Crippen molar-refractivity contribution in [3.05, 3.63) is 29.3 Å². The molecule has 6 nitrogen and oxygen atoms in total. The molecule has 1 aliphatic rings. The van der Waals surface area contributed by atoms with Crippen LogP contribution in [0.15, 0.2) is 18.2 Å². The number of nitrogens with one attached hydrogen (secondary N) is 1. The zero-order valence-corrected chi connectivity index (χ0v) is 16.1. The van der Waals surface area contributed by atoms with Gasteiger partial charge in [-0.15, -0.1) is 13.2 Å². The first kappa shape index (κ1) is 21.8. The van der Waals surface area contributed by atoms with Crippen molar-refractivity contribution in [3.63, 3.8) is 0 Å². The number of hydrogen-bond acceptors (Lipinski definition) is 5. The number of amides is 1. The van der Waals surface area contributed by atoms with E-state index in [1.54, 1.807) is 26.8 Å². The van der Waals surface area contributed by atoms with Crippen molar-refractivity contribution in [3.8, 4) is 11.8 Å². The van der Waals surface area contributed by atoms with Gasteiger partial charge in [0.15, 0.2) is 0 Å². The highest BCUT2D eigenvalue weighted by atomic mass is 19.4. The van der Waals surface area contributed by atoms with E-state index < -0.39 is 23.8 Å². The minimum Gasteiger partial charge on any atom is -0.444 e. The SMILES string of the molecule is CC(C)(C)OC(=O)NC1CCN(Cc2cc(C#N)cc(OC(F)(F)F)c2)CC1. The summed E-state index contributed by atoms with van der Waals surface area (Å²) in [6.45, 7) is 7.09. The number of hydrogen-bond donors (Lipinski definition) is 1. The van der Waals surface area contributed by atoms with Crippen molar-refractivity contribution < 1.29 is 27.4 Å². The number of nitrogens with zero attached hydrogens (tertiary/aromatic N) is 2. The van der Waals surface area contributed by atoms with Crippen LogP contribution in [0.5, 0.6) is 5.75 Å². The lowest BCUT2D eigenvalue weighted by Crippen LogP contribution is -2.45. The number of halogens is 3. The van der Waals surface area contributed by atoms with Crippen molar-refractivity contribution >= 4 is 6.09 Å². The van der Waals surface area contributed by atoms with Gasteiger partial charge in [0, 0.05) is 25.7 Å². The molecule has 1 aliphatic heterocycles. The second-order valence-corrected chi connectivity index (χ2v) is 7.72. The van der Waals surface area contributed by atoms with Gasteiger partial charge in [-0.3, -0.25) is 4.90 Å². The highest BCUT2D eigenvalue weighted by Gasteiger charge is 2.31. The molecule has 28 heavy (non-hydrogen) atoms. The topological polar surface area (TPSA) is 74.6 Å². The molecule has 0 atom stereocenters. The molecule has 0 saturated carbocycles. The average molecular weight is 399 g/mol. The van der Waals surface area contributed by atoms with Crippen LogP contribution in [0.4, 0.5) is 18.0 Å². The van der Waals surface area contributed by atoms with Gasteiger partial charge in [0.1, 0.15) is 11.4 Å². The summed E-state index contributed by atoms with van der Waals surface area (Å²) in [6, 6.07) is 5.74. The molecule has 1 heterocycles. The summed E-state index contributed by atoms with van der Waals surface area (Å²) in [5, 5.41) is 11.9. The van der Waals surface area contributed by atoms with E-state index in [9.17, 15) is 18.0 Å². The predicted octanol–water partition coefficient (Wildman–Crippen LogP) is 3.95. The van der Waals surface area contributed by atoms with Crippen LogP contribution in [-0.4, -0.2) is 42.1 Å². The Morgan fingerprint density at radius 1 is 1.25 bits per heavy atom. The Morgan fingerprint density at radius 3 is 2.43 bits per heavy atom. The van der Waals surface area contributed by atoms with Crippen LogP contribution in [0.2, 0.25) is 0 Å². The number of nitriles is 1. The lowest BCUT2D eigenvalue weighted by molar-refractivity contribution is -0.274. The number of carbonyl (C=O) groups is 1. The van der Waals surface area contributed by atoms with Crippen LogP contribution in [0.3, 0.4) is 0 Å². The van der Waals surface area contributed by atoms with Gasteiger partial charge < -0.3 is 14.8 Å². The first-order chi connectivity index (χ1) is 12.9. The molecule has 1 amide bonds. The normalized spacial score (nSPS) is 16.3. The monoisotopic (exact) mass is 399 g/mol. The Labute approximate surface area is 162 Å². The molecular weight excluding hydrogens is 375 g/mol. The Balaban J connectivity index is 1.91. The van der Waals surface area contributed by atoms with Gasteiger partial charge in [-0.2, -0.15) is 5.26 Å². The summed E-state index contributed by atoms with van der Waals surface area (Å²) in [6.07, 6.45) is -3.87. The summed E-state index contributed by atoms with van der Waals surface area (Å²) >= 11 is 0. The number of piperidine rings is 1. The number of alkyl halides is 3. The second-order valence-electron chi connectivity index (χ2n) is 7.72. The van der Waals surface area contributed by atoms with Gasteiger partial charge >= 0.3 is 12.5 Å². The van der Waals surface area contributed by atoms with Gasteiger partial charge in [-0.1, -0.05) is 0 Å². The third kappa shape index (κ3) is 7.64. The van der Waals surface area contributed by atoms with Crippen LogP contribution in [0.25, 0.3) is 0 Å². The van der Waals surface area contributed by atoms with E-state index in [4.69, 9.17) is 10.00 Å². The van der Waals surface area contributed by atoms with E-state index in [2.05, 4.69) is 15.0 Å². The van der Waals surface area contributed by atoms with Crippen LogP contribution < -0.4 is 10.1 Å².